The minimum absolute atomic E-state index is 0.119. The fourth-order valence-corrected chi connectivity index (χ4v) is 3.16. The molecule has 0 saturated carbocycles. The Labute approximate surface area is 117 Å². The molecule has 0 unspecified atom stereocenters. The molecule has 6 heteroatoms. The standard InChI is InChI=1S/C13H20N4OS/c1-13(2)4-6-17(7-8-19-13)11-9-10(3-5-15-11)12(14)16-18/h3,5,9,18H,4,6-8H2,1-2H3,(H2,14,16). The fraction of sp³-hybridized carbons (Fsp3) is 0.538. The third-order valence-corrected chi connectivity index (χ3v) is 4.68. The number of hydrogen-bond donors (Lipinski definition) is 2. The van der Waals surface area contributed by atoms with E-state index >= 15 is 0 Å². The second-order valence-electron chi connectivity index (χ2n) is 5.23. The summed E-state index contributed by atoms with van der Waals surface area (Å²) in [6.07, 6.45) is 2.82. The van der Waals surface area contributed by atoms with Crippen LogP contribution in [0.15, 0.2) is 23.5 Å². The van der Waals surface area contributed by atoms with Gasteiger partial charge in [0.25, 0.3) is 0 Å². The number of hydrogen-bond acceptors (Lipinski definition) is 5. The van der Waals surface area contributed by atoms with Crippen molar-refractivity contribution in [2.75, 3.05) is 23.7 Å². The number of oxime groups is 1. The molecular formula is C13H20N4OS. The number of nitrogens with zero attached hydrogens (tertiary/aromatic N) is 3. The normalized spacial score (nSPS) is 20.1. The number of rotatable bonds is 2. The number of thioether (sulfide) groups is 1. The Balaban J connectivity index is 2.18. The molecule has 1 aromatic rings. The van der Waals surface area contributed by atoms with Crippen molar-refractivity contribution in [1.29, 1.82) is 0 Å². The van der Waals surface area contributed by atoms with E-state index in [9.17, 15) is 0 Å². The second kappa shape index (κ2) is 5.69. The van der Waals surface area contributed by atoms with Crippen LogP contribution in [0.5, 0.6) is 0 Å². The van der Waals surface area contributed by atoms with E-state index in [2.05, 4.69) is 28.9 Å². The Morgan fingerprint density at radius 1 is 1.53 bits per heavy atom. The van der Waals surface area contributed by atoms with Crippen molar-refractivity contribution in [1.82, 2.24) is 4.98 Å². The van der Waals surface area contributed by atoms with Gasteiger partial charge in [-0.15, -0.1) is 0 Å². The molecule has 3 N–H and O–H groups in total. The molecule has 0 aliphatic carbocycles. The number of amidine groups is 1. The highest BCUT2D eigenvalue weighted by atomic mass is 32.2. The minimum Gasteiger partial charge on any atom is -0.409 e. The molecule has 1 saturated heterocycles. The van der Waals surface area contributed by atoms with Crippen molar-refractivity contribution in [2.45, 2.75) is 25.0 Å². The molecule has 1 aliphatic rings. The van der Waals surface area contributed by atoms with Crippen molar-refractivity contribution in [3.63, 3.8) is 0 Å². The molecule has 1 aromatic heterocycles. The van der Waals surface area contributed by atoms with E-state index in [4.69, 9.17) is 10.9 Å². The van der Waals surface area contributed by atoms with Crippen LogP contribution in [-0.4, -0.2) is 39.6 Å². The Morgan fingerprint density at radius 3 is 3.05 bits per heavy atom. The van der Waals surface area contributed by atoms with Gasteiger partial charge in [0.1, 0.15) is 5.82 Å². The van der Waals surface area contributed by atoms with E-state index in [0.717, 1.165) is 31.1 Å². The van der Waals surface area contributed by atoms with Crippen LogP contribution in [0.1, 0.15) is 25.8 Å². The van der Waals surface area contributed by atoms with Gasteiger partial charge in [-0.1, -0.05) is 19.0 Å². The average molecular weight is 280 g/mol. The van der Waals surface area contributed by atoms with Crippen LogP contribution in [0.2, 0.25) is 0 Å². The number of anilines is 1. The van der Waals surface area contributed by atoms with Crippen LogP contribution in [0, 0.1) is 0 Å². The zero-order valence-corrected chi connectivity index (χ0v) is 12.2. The van der Waals surface area contributed by atoms with Gasteiger partial charge in [0.2, 0.25) is 0 Å². The summed E-state index contributed by atoms with van der Waals surface area (Å²) in [4.78, 5) is 6.65. The van der Waals surface area contributed by atoms with Gasteiger partial charge in [-0.05, 0) is 18.6 Å². The Bertz CT molecular complexity index is 475. The van der Waals surface area contributed by atoms with Crippen molar-refractivity contribution >= 4 is 23.4 Å². The quantitative estimate of drug-likeness (QED) is 0.374. The molecule has 2 heterocycles. The lowest BCUT2D eigenvalue weighted by Crippen LogP contribution is -2.28. The first-order valence-corrected chi connectivity index (χ1v) is 7.33. The second-order valence-corrected chi connectivity index (χ2v) is 7.04. The van der Waals surface area contributed by atoms with Crippen molar-refractivity contribution in [2.24, 2.45) is 10.9 Å². The third-order valence-electron chi connectivity index (χ3n) is 3.31. The molecule has 2 rings (SSSR count). The SMILES string of the molecule is CC1(C)CCN(c2cc(/C(N)=N/O)ccn2)CCS1. The van der Waals surface area contributed by atoms with Crippen LogP contribution in [0.3, 0.4) is 0 Å². The van der Waals surface area contributed by atoms with Gasteiger partial charge < -0.3 is 15.8 Å². The summed E-state index contributed by atoms with van der Waals surface area (Å²) in [7, 11) is 0. The fourth-order valence-electron chi connectivity index (χ4n) is 2.06. The molecule has 1 aliphatic heterocycles. The minimum atomic E-state index is 0.119. The highest BCUT2D eigenvalue weighted by molar-refractivity contribution is 8.00. The molecule has 104 valence electrons. The highest BCUT2D eigenvalue weighted by Crippen LogP contribution is 2.31. The maximum absolute atomic E-state index is 8.73. The van der Waals surface area contributed by atoms with E-state index in [1.54, 1.807) is 12.3 Å². The predicted molar refractivity (Wildman–Crippen MR) is 80.1 cm³/mol. The van der Waals surface area contributed by atoms with Crippen molar-refractivity contribution in [3.05, 3.63) is 23.9 Å². The first-order valence-electron chi connectivity index (χ1n) is 6.35. The molecule has 0 amide bonds. The Hall–Kier alpha value is -1.43. The van der Waals surface area contributed by atoms with E-state index < -0.39 is 0 Å². The Kier molecular flexibility index (Phi) is 4.19. The van der Waals surface area contributed by atoms with Crippen LogP contribution >= 0.6 is 11.8 Å². The van der Waals surface area contributed by atoms with Gasteiger partial charge in [0, 0.05) is 35.3 Å². The van der Waals surface area contributed by atoms with Crippen LogP contribution in [0.25, 0.3) is 0 Å². The van der Waals surface area contributed by atoms with Crippen LogP contribution < -0.4 is 10.6 Å². The summed E-state index contributed by atoms with van der Waals surface area (Å²) >= 11 is 2.00. The lowest BCUT2D eigenvalue weighted by Gasteiger charge is -2.23. The third kappa shape index (κ3) is 3.53. The van der Waals surface area contributed by atoms with Crippen LogP contribution in [-0.2, 0) is 0 Å². The molecule has 1 fully saturated rings. The molecule has 0 spiro atoms. The molecule has 5 nitrogen and oxygen atoms in total. The number of nitrogens with two attached hydrogens (primary N) is 1. The van der Waals surface area contributed by atoms with Crippen molar-refractivity contribution in [3.8, 4) is 0 Å². The van der Waals surface area contributed by atoms with E-state index in [1.807, 2.05) is 17.8 Å². The largest absolute Gasteiger partial charge is 0.409 e. The topological polar surface area (TPSA) is 74.7 Å². The molecular weight excluding hydrogens is 260 g/mol. The zero-order chi connectivity index (χ0) is 13.9. The summed E-state index contributed by atoms with van der Waals surface area (Å²) in [6.45, 7) is 6.51. The summed E-state index contributed by atoms with van der Waals surface area (Å²) in [5, 5.41) is 11.8. The molecule has 0 radical (unpaired) electrons. The monoisotopic (exact) mass is 280 g/mol. The van der Waals surface area contributed by atoms with E-state index in [-0.39, 0.29) is 5.84 Å². The molecule has 19 heavy (non-hydrogen) atoms. The number of pyridine rings is 1. The molecule has 0 bridgehead atoms. The summed E-state index contributed by atoms with van der Waals surface area (Å²) < 4.78 is 0.317. The average Bonchev–Trinajstić information content (AvgIpc) is 2.59. The highest BCUT2D eigenvalue weighted by Gasteiger charge is 2.24. The lowest BCUT2D eigenvalue weighted by atomic mass is 10.1. The van der Waals surface area contributed by atoms with Gasteiger partial charge >= 0.3 is 0 Å². The number of aromatic nitrogens is 1. The summed E-state index contributed by atoms with van der Waals surface area (Å²) in [5.41, 5.74) is 6.31. The predicted octanol–water partition coefficient (Wildman–Crippen LogP) is 1.90. The summed E-state index contributed by atoms with van der Waals surface area (Å²) in [6, 6.07) is 3.62. The lowest BCUT2D eigenvalue weighted by molar-refractivity contribution is 0.318. The maximum atomic E-state index is 8.73. The van der Waals surface area contributed by atoms with E-state index in [1.165, 1.54) is 0 Å². The van der Waals surface area contributed by atoms with Gasteiger partial charge in [0.05, 0.1) is 0 Å². The first-order chi connectivity index (χ1) is 9.02. The van der Waals surface area contributed by atoms with Gasteiger partial charge in [0.15, 0.2) is 5.84 Å². The summed E-state index contributed by atoms with van der Waals surface area (Å²) in [5.74, 6) is 2.10. The smallest absolute Gasteiger partial charge is 0.170 e. The van der Waals surface area contributed by atoms with E-state index in [0.29, 0.717) is 10.3 Å². The molecule has 0 atom stereocenters. The van der Waals surface area contributed by atoms with Gasteiger partial charge in [-0.3, -0.25) is 0 Å². The van der Waals surface area contributed by atoms with Crippen LogP contribution in [0.4, 0.5) is 5.82 Å². The Morgan fingerprint density at radius 2 is 2.32 bits per heavy atom. The molecule has 0 aromatic carbocycles. The first kappa shape index (κ1) is 14.0. The van der Waals surface area contributed by atoms with Gasteiger partial charge in [-0.2, -0.15) is 11.8 Å². The van der Waals surface area contributed by atoms with Gasteiger partial charge in [-0.25, -0.2) is 4.98 Å². The van der Waals surface area contributed by atoms with Crippen molar-refractivity contribution < 1.29 is 5.21 Å². The maximum Gasteiger partial charge on any atom is 0.170 e. The zero-order valence-electron chi connectivity index (χ0n) is 11.3.